The molecule has 0 aliphatic carbocycles. The van der Waals surface area contributed by atoms with E-state index in [2.05, 4.69) is 38.3 Å². The molecule has 1 aromatic heterocycles. The number of benzene rings is 2. The Morgan fingerprint density at radius 2 is 1.92 bits per heavy atom. The van der Waals surface area contributed by atoms with Crippen molar-refractivity contribution >= 4 is 27.7 Å². The lowest BCUT2D eigenvalue weighted by molar-refractivity contribution is 0.290. The third-order valence-corrected chi connectivity index (χ3v) is 5.18. The predicted octanol–water partition coefficient (Wildman–Crippen LogP) is 4.76. The number of aromatic nitrogens is 3. The van der Waals surface area contributed by atoms with Crippen molar-refractivity contribution in [1.82, 2.24) is 14.8 Å². The van der Waals surface area contributed by atoms with Crippen LogP contribution in [0, 0.1) is 6.92 Å². The molecule has 3 rings (SSSR count). The fourth-order valence-corrected chi connectivity index (χ4v) is 3.33. The van der Waals surface area contributed by atoms with Crippen LogP contribution in [0.1, 0.15) is 17.0 Å². The molecule has 0 spiro atoms. The van der Waals surface area contributed by atoms with Gasteiger partial charge in [-0.2, -0.15) is 0 Å². The fourth-order valence-electron chi connectivity index (χ4n) is 2.18. The van der Waals surface area contributed by atoms with E-state index in [9.17, 15) is 0 Å². The van der Waals surface area contributed by atoms with Crippen molar-refractivity contribution in [3.05, 3.63) is 70.0 Å². The van der Waals surface area contributed by atoms with Crippen LogP contribution in [0.25, 0.3) is 0 Å². The van der Waals surface area contributed by atoms with Gasteiger partial charge in [-0.1, -0.05) is 52.0 Å². The van der Waals surface area contributed by atoms with E-state index in [-0.39, 0.29) is 0 Å². The fraction of sp³-hybridized carbons (Fsp3) is 0.222. The number of rotatable bonds is 6. The van der Waals surface area contributed by atoms with Crippen molar-refractivity contribution in [2.75, 3.05) is 0 Å². The van der Waals surface area contributed by atoms with E-state index in [4.69, 9.17) is 4.74 Å². The number of aryl methyl sites for hydroxylation is 1. The molecule has 0 N–H and O–H groups in total. The SMILES string of the molecule is Cc1cccc(OCc2nnc(SCc3ccc(Br)cc3)n2C)c1. The molecule has 0 radical (unpaired) electrons. The molecule has 0 unspecified atom stereocenters. The molecule has 0 saturated heterocycles. The summed E-state index contributed by atoms with van der Waals surface area (Å²) < 4.78 is 8.88. The van der Waals surface area contributed by atoms with Crippen molar-refractivity contribution in [1.29, 1.82) is 0 Å². The zero-order valence-corrected chi connectivity index (χ0v) is 16.0. The van der Waals surface area contributed by atoms with Crippen molar-refractivity contribution in [2.45, 2.75) is 24.4 Å². The lowest BCUT2D eigenvalue weighted by atomic mass is 10.2. The maximum absolute atomic E-state index is 5.81. The molecular formula is C18H18BrN3OS. The maximum atomic E-state index is 5.81. The van der Waals surface area contributed by atoms with Crippen LogP contribution in [0.2, 0.25) is 0 Å². The van der Waals surface area contributed by atoms with Crippen LogP contribution >= 0.6 is 27.7 Å². The second-order valence-corrected chi connectivity index (χ2v) is 7.34. The standard InChI is InChI=1S/C18H18BrN3OS/c1-13-4-3-5-16(10-13)23-11-17-20-21-18(22(17)2)24-12-14-6-8-15(19)9-7-14/h3-10H,11-12H2,1-2H3. The van der Waals surface area contributed by atoms with E-state index < -0.39 is 0 Å². The molecule has 6 heteroatoms. The molecule has 0 bridgehead atoms. The van der Waals surface area contributed by atoms with Gasteiger partial charge in [0.1, 0.15) is 12.4 Å². The van der Waals surface area contributed by atoms with Gasteiger partial charge in [0.2, 0.25) is 0 Å². The summed E-state index contributed by atoms with van der Waals surface area (Å²) in [6, 6.07) is 16.3. The number of ether oxygens (including phenoxy) is 1. The first-order chi connectivity index (χ1) is 11.6. The van der Waals surface area contributed by atoms with Crippen LogP contribution < -0.4 is 4.74 Å². The van der Waals surface area contributed by atoms with Crippen LogP contribution in [0.15, 0.2) is 58.2 Å². The topological polar surface area (TPSA) is 39.9 Å². The van der Waals surface area contributed by atoms with Crippen molar-refractivity contribution < 1.29 is 4.74 Å². The summed E-state index contributed by atoms with van der Waals surface area (Å²) in [5.74, 6) is 2.52. The van der Waals surface area contributed by atoms with E-state index in [1.54, 1.807) is 11.8 Å². The van der Waals surface area contributed by atoms with Crippen molar-refractivity contribution in [3.63, 3.8) is 0 Å². The molecule has 4 nitrogen and oxygen atoms in total. The van der Waals surface area contributed by atoms with E-state index in [0.717, 1.165) is 27.0 Å². The Balaban J connectivity index is 1.60. The van der Waals surface area contributed by atoms with Gasteiger partial charge in [0.15, 0.2) is 11.0 Å². The van der Waals surface area contributed by atoms with Gasteiger partial charge in [0, 0.05) is 17.3 Å². The summed E-state index contributed by atoms with van der Waals surface area (Å²) in [6.07, 6.45) is 0. The van der Waals surface area contributed by atoms with E-state index in [1.807, 2.05) is 54.9 Å². The lowest BCUT2D eigenvalue weighted by Crippen LogP contribution is -2.04. The Morgan fingerprint density at radius 1 is 1.12 bits per heavy atom. The molecule has 0 amide bonds. The van der Waals surface area contributed by atoms with Crippen LogP contribution in [0.5, 0.6) is 5.75 Å². The highest BCUT2D eigenvalue weighted by Gasteiger charge is 2.10. The number of thioether (sulfide) groups is 1. The van der Waals surface area contributed by atoms with Gasteiger partial charge in [-0.3, -0.25) is 0 Å². The molecule has 0 saturated carbocycles. The van der Waals surface area contributed by atoms with Gasteiger partial charge in [0.25, 0.3) is 0 Å². The third kappa shape index (κ3) is 4.39. The smallest absolute Gasteiger partial charge is 0.191 e. The minimum absolute atomic E-state index is 0.409. The average Bonchev–Trinajstić information content (AvgIpc) is 2.93. The Morgan fingerprint density at radius 3 is 2.67 bits per heavy atom. The van der Waals surface area contributed by atoms with Gasteiger partial charge in [0.05, 0.1) is 0 Å². The first-order valence-electron chi connectivity index (χ1n) is 7.57. The normalized spacial score (nSPS) is 10.8. The van der Waals surface area contributed by atoms with E-state index in [1.165, 1.54) is 11.1 Å². The second-order valence-electron chi connectivity index (χ2n) is 5.48. The van der Waals surface area contributed by atoms with Gasteiger partial charge in [-0.05, 0) is 42.3 Å². The van der Waals surface area contributed by atoms with Gasteiger partial charge in [-0.25, -0.2) is 0 Å². The molecule has 2 aromatic carbocycles. The number of nitrogens with zero attached hydrogens (tertiary/aromatic N) is 3. The van der Waals surface area contributed by atoms with Crippen molar-refractivity contribution in [2.24, 2.45) is 7.05 Å². The third-order valence-electron chi connectivity index (χ3n) is 3.56. The molecule has 24 heavy (non-hydrogen) atoms. The Labute approximate surface area is 154 Å². The number of hydrogen-bond acceptors (Lipinski definition) is 4. The lowest BCUT2D eigenvalue weighted by Gasteiger charge is -2.07. The minimum Gasteiger partial charge on any atom is -0.486 e. The first kappa shape index (κ1) is 17.0. The Kier molecular flexibility index (Phi) is 5.58. The van der Waals surface area contributed by atoms with Crippen LogP contribution in [0.3, 0.4) is 0 Å². The Hall–Kier alpha value is -1.79. The quantitative estimate of drug-likeness (QED) is 0.556. The molecule has 0 atom stereocenters. The zero-order chi connectivity index (χ0) is 16.9. The van der Waals surface area contributed by atoms with E-state index in [0.29, 0.717) is 6.61 Å². The van der Waals surface area contributed by atoms with E-state index >= 15 is 0 Å². The zero-order valence-electron chi connectivity index (χ0n) is 13.6. The summed E-state index contributed by atoms with van der Waals surface area (Å²) >= 11 is 5.12. The second kappa shape index (κ2) is 7.85. The Bertz CT molecular complexity index is 817. The van der Waals surface area contributed by atoms with Gasteiger partial charge in [-0.15, -0.1) is 10.2 Å². The van der Waals surface area contributed by atoms with Crippen molar-refractivity contribution in [3.8, 4) is 5.75 Å². The first-order valence-corrected chi connectivity index (χ1v) is 9.34. The maximum Gasteiger partial charge on any atom is 0.191 e. The molecule has 0 aliphatic heterocycles. The molecular weight excluding hydrogens is 386 g/mol. The summed E-state index contributed by atoms with van der Waals surface area (Å²) in [4.78, 5) is 0. The average molecular weight is 404 g/mol. The predicted molar refractivity (Wildman–Crippen MR) is 100 cm³/mol. The summed E-state index contributed by atoms with van der Waals surface area (Å²) in [6.45, 7) is 2.46. The molecule has 0 fully saturated rings. The summed E-state index contributed by atoms with van der Waals surface area (Å²) in [5.41, 5.74) is 2.43. The highest BCUT2D eigenvalue weighted by molar-refractivity contribution is 9.10. The monoisotopic (exact) mass is 403 g/mol. The largest absolute Gasteiger partial charge is 0.486 e. The molecule has 3 aromatic rings. The van der Waals surface area contributed by atoms with Gasteiger partial charge >= 0.3 is 0 Å². The number of halogens is 1. The highest BCUT2D eigenvalue weighted by Crippen LogP contribution is 2.23. The summed E-state index contributed by atoms with van der Waals surface area (Å²) in [7, 11) is 1.97. The molecule has 0 aliphatic rings. The molecule has 1 heterocycles. The van der Waals surface area contributed by atoms with Crippen LogP contribution in [-0.2, 0) is 19.4 Å². The van der Waals surface area contributed by atoms with Crippen LogP contribution in [-0.4, -0.2) is 14.8 Å². The van der Waals surface area contributed by atoms with Crippen LogP contribution in [0.4, 0.5) is 0 Å². The minimum atomic E-state index is 0.409. The highest BCUT2D eigenvalue weighted by atomic mass is 79.9. The van der Waals surface area contributed by atoms with Gasteiger partial charge < -0.3 is 9.30 Å². The molecule has 124 valence electrons. The number of hydrogen-bond donors (Lipinski definition) is 0. The summed E-state index contributed by atoms with van der Waals surface area (Å²) in [5, 5.41) is 9.39.